The Morgan fingerprint density at radius 1 is 0.917 bits per heavy atom. The van der Waals surface area contributed by atoms with E-state index in [1.54, 1.807) is 6.08 Å². The quantitative estimate of drug-likeness (QED) is 0.618. The minimum atomic E-state index is -0.124. The molecule has 1 aliphatic rings. The van der Waals surface area contributed by atoms with E-state index in [4.69, 9.17) is 0 Å². The van der Waals surface area contributed by atoms with Crippen molar-refractivity contribution in [3.05, 3.63) is 71.9 Å². The maximum absolute atomic E-state index is 12.5. The Balaban J connectivity index is 1.84. The van der Waals surface area contributed by atoms with Crippen LogP contribution < -0.4 is 10.6 Å². The van der Waals surface area contributed by atoms with E-state index in [0.29, 0.717) is 17.2 Å². The van der Waals surface area contributed by atoms with Crippen molar-refractivity contribution in [3.8, 4) is 0 Å². The van der Waals surface area contributed by atoms with E-state index in [1.807, 2.05) is 54.6 Å². The molecule has 0 aliphatic heterocycles. The van der Waals surface area contributed by atoms with Crippen LogP contribution in [0.15, 0.2) is 66.4 Å². The molecule has 0 atom stereocenters. The number of allylic oxidation sites excluding steroid dienone is 2. The van der Waals surface area contributed by atoms with Crippen LogP contribution in [-0.2, 0) is 4.79 Å². The van der Waals surface area contributed by atoms with Gasteiger partial charge in [0.25, 0.3) is 0 Å². The first-order chi connectivity index (χ1) is 11.6. The maximum Gasteiger partial charge on any atom is 0.221 e. The Hall–Kier alpha value is -2.88. The third kappa shape index (κ3) is 4.10. The highest BCUT2D eigenvalue weighted by molar-refractivity contribution is 6.05. The summed E-state index contributed by atoms with van der Waals surface area (Å²) in [7, 11) is 0. The number of amides is 1. The first-order valence-corrected chi connectivity index (χ1v) is 8.08. The molecule has 0 unspecified atom stereocenters. The molecule has 0 saturated heterocycles. The highest BCUT2D eigenvalue weighted by Gasteiger charge is 2.27. The molecule has 1 aliphatic carbocycles. The number of para-hydroxylation sites is 2. The molecule has 0 heterocycles. The van der Waals surface area contributed by atoms with Crippen molar-refractivity contribution in [1.29, 1.82) is 0 Å². The molecule has 3 rings (SSSR count). The molecule has 0 aromatic heterocycles. The van der Waals surface area contributed by atoms with Gasteiger partial charge in [-0.1, -0.05) is 42.5 Å². The van der Waals surface area contributed by atoms with Crippen LogP contribution in [0.3, 0.4) is 0 Å². The van der Waals surface area contributed by atoms with Crippen molar-refractivity contribution in [2.75, 3.05) is 10.6 Å². The van der Waals surface area contributed by atoms with Crippen LogP contribution in [0.25, 0.3) is 0 Å². The van der Waals surface area contributed by atoms with E-state index in [2.05, 4.69) is 10.6 Å². The van der Waals surface area contributed by atoms with Crippen LogP contribution in [0.2, 0.25) is 0 Å². The van der Waals surface area contributed by atoms with E-state index in [9.17, 15) is 9.59 Å². The standard InChI is InChI=1S/C20H20N2O2/c1-14(23)21-17-9-5-6-10-18(17)22-19(15-11-12-15)13-20(24)16-7-3-2-4-8-16/h2-10,13,15,22H,11-12H2,1H3,(H,21,23). The molecule has 122 valence electrons. The Morgan fingerprint density at radius 2 is 1.50 bits per heavy atom. The Labute approximate surface area is 141 Å². The second-order valence-corrected chi connectivity index (χ2v) is 5.96. The summed E-state index contributed by atoms with van der Waals surface area (Å²) in [6.07, 6.45) is 3.82. The minimum absolute atomic E-state index is 0.0120. The number of rotatable bonds is 6. The molecule has 1 fully saturated rings. The first kappa shape index (κ1) is 16.0. The zero-order valence-corrected chi connectivity index (χ0v) is 13.6. The molecule has 1 amide bonds. The van der Waals surface area contributed by atoms with E-state index in [-0.39, 0.29) is 11.7 Å². The molecule has 1 saturated carbocycles. The number of hydrogen-bond donors (Lipinski definition) is 2. The summed E-state index contributed by atoms with van der Waals surface area (Å²) in [6.45, 7) is 1.48. The minimum Gasteiger partial charge on any atom is -0.357 e. The van der Waals surface area contributed by atoms with Gasteiger partial charge >= 0.3 is 0 Å². The summed E-state index contributed by atoms with van der Waals surface area (Å²) in [4.78, 5) is 23.8. The third-order valence-electron chi connectivity index (χ3n) is 3.88. The molecule has 0 spiro atoms. The van der Waals surface area contributed by atoms with Gasteiger partial charge < -0.3 is 10.6 Å². The molecule has 4 heteroatoms. The van der Waals surface area contributed by atoms with Crippen LogP contribution in [0.1, 0.15) is 30.1 Å². The van der Waals surface area contributed by atoms with E-state index < -0.39 is 0 Å². The lowest BCUT2D eigenvalue weighted by atomic mass is 10.1. The van der Waals surface area contributed by atoms with E-state index in [0.717, 1.165) is 24.2 Å². The van der Waals surface area contributed by atoms with Gasteiger partial charge in [-0.05, 0) is 30.9 Å². The monoisotopic (exact) mass is 320 g/mol. The van der Waals surface area contributed by atoms with Crippen molar-refractivity contribution < 1.29 is 9.59 Å². The largest absolute Gasteiger partial charge is 0.357 e. The van der Waals surface area contributed by atoms with Crippen molar-refractivity contribution in [3.63, 3.8) is 0 Å². The SMILES string of the molecule is CC(=O)Nc1ccccc1NC(=CC(=O)c1ccccc1)C1CC1. The summed E-state index contributed by atoms with van der Waals surface area (Å²) >= 11 is 0. The van der Waals surface area contributed by atoms with Gasteiger partial charge in [0.05, 0.1) is 11.4 Å². The van der Waals surface area contributed by atoms with Crippen molar-refractivity contribution >= 4 is 23.1 Å². The van der Waals surface area contributed by atoms with Gasteiger partial charge in [-0.2, -0.15) is 0 Å². The molecular weight excluding hydrogens is 300 g/mol. The predicted molar refractivity (Wildman–Crippen MR) is 95.9 cm³/mol. The summed E-state index contributed by atoms with van der Waals surface area (Å²) < 4.78 is 0. The smallest absolute Gasteiger partial charge is 0.221 e. The predicted octanol–water partition coefficient (Wildman–Crippen LogP) is 4.23. The topological polar surface area (TPSA) is 58.2 Å². The first-order valence-electron chi connectivity index (χ1n) is 8.08. The fourth-order valence-corrected chi connectivity index (χ4v) is 2.52. The lowest BCUT2D eigenvalue weighted by Gasteiger charge is -2.14. The summed E-state index contributed by atoms with van der Waals surface area (Å²) in [5, 5.41) is 6.15. The molecule has 0 radical (unpaired) electrons. The number of nitrogens with one attached hydrogen (secondary N) is 2. The third-order valence-corrected chi connectivity index (χ3v) is 3.88. The molecular formula is C20H20N2O2. The van der Waals surface area contributed by atoms with Crippen molar-refractivity contribution in [1.82, 2.24) is 0 Å². The normalized spacial score (nSPS) is 14.1. The Bertz CT molecular complexity index is 777. The molecule has 0 bridgehead atoms. The zero-order valence-electron chi connectivity index (χ0n) is 13.6. The van der Waals surface area contributed by atoms with Crippen LogP contribution in [0, 0.1) is 5.92 Å². The Kier molecular flexibility index (Phi) is 4.75. The highest BCUT2D eigenvalue weighted by Crippen LogP contribution is 2.38. The number of anilines is 2. The average molecular weight is 320 g/mol. The maximum atomic E-state index is 12.5. The Morgan fingerprint density at radius 3 is 2.08 bits per heavy atom. The van der Waals surface area contributed by atoms with Gasteiger partial charge in [-0.15, -0.1) is 0 Å². The van der Waals surface area contributed by atoms with Crippen LogP contribution in [0.5, 0.6) is 0 Å². The summed E-state index contributed by atoms with van der Waals surface area (Å²) in [6, 6.07) is 16.7. The van der Waals surface area contributed by atoms with Gasteiger partial charge in [0.2, 0.25) is 5.91 Å². The second kappa shape index (κ2) is 7.13. The van der Waals surface area contributed by atoms with E-state index in [1.165, 1.54) is 6.92 Å². The van der Waals surface area contributed by atoms with E-state index >= 15 is 0 Å². The zero-order chi connectivity index (χ0) is 16.9. The molecule has 2 N–H and O–H groups in total. The van der Waals surface area contributed by atoms with Gasteiger partial charge in [0.15, 0.2) is 5.78 Å². The summed E-state index contributed by atoms with van der Waals surface area (Å²) in [5.74, 6) is 0.242. The molecule has 24 heavy (non-hydrogen) atoms. The lowest BCUT2D eigenvalue weighted by Crippen LogP contribution is -2.11. The van der Waals surface area contributed by atoms with Gasteiger partial charge in [-0.25, -0.2) is 0 Å². The van der Waals surface area contributed by atoms with Gasteiger partial charge in [-0.3, -0.25) is 9.59 Å². The number of ketones is 1. The number of hydrogen-bond acceptors (Lipinski definition) is 3. The number of carbonyl (C=O) groups is 2. The van der Waals surface area contributed by atoms with Gasteiger partial charge in [0, 0.05) is 24.3 Å². The second-order valence-electron chi connectivity index (χ2n) is 5.96. The number of benzene rings is 2. The fraction of sp³-hybridized carbons (Fsp3) is 0.200. The fourth-order valence-electron chi connectivity index (χ4n) is 2.52. The average Bonchev–Trinajstić information content (AvgIpc) is 3.41. The van der Waals surface area contributed by atoms with Crippen LogP contribution in [0.4, 0.5) is 11.4 Å². The molecule has 4 nitrogen and oxygen atoms in total. The van der Waals surface area contributed by atoms with Crippen LogP contribution in [-0.4, -0.2) is 11.7 Å². The number of carbonyl (C=O) groups excluding carboxylic acids is 2. The molecule has 2 aromatic carbocycles. The highest BCUT2D eigenvalue weighted by atomic mass is 16.1. The van der Waals surface area contributed by atoms with Crippen molar-refractivity contribution in [2.24, 2.45) is 5.92 Å². The van der Waals surface area contributed by atoms with Crippen LogP contribution >= 0.6 is 0 Å². The van der Waals surface area contributed by atoms with Crippen molar-refractivity contribution in [2.45, 2.75) is 19.8 Å². The summed E-state index contributed by atoms with van der Waals surface area (Å²) in [5.41, 5.74) is 3.09. The molecule has 2 aromatic rings. The lowest BCUT2D eigenvalue weighted by molar-refractivity contribution is -0.114. The van der Waals surface area contributed by atoms with Gasteiger partial charge in [0.1, 0.15) is 0 Å².